The average molecular weight is 210 g/mol. The summed E-state index contributed by atoms with van der Waals surface area (Å²) in [7, 11) is 0. The predicted molar refractivity (Wildman–Crippen MR) is 56.4 cm³/mol. The van der Waals surface area contributed by atoms with Gasteiger partial charge in [-0.05, 0) is 19.8 Å². The zero-order valence-corrected chi connectivity index (χ0v) is 9.09. The van der Waals surface area contributed by atoms with Gasteiger partial charge in [-0.15, -0.1) is 0 Å². The van der Waals surface area contributed by atoms with Gasteiger partial charge in [-0.3, -0.25) is 0 Å². The zero-order valence-electron chi connectivity index (χ0n) is 9.09. The first-order valence-corrected chi connectivity index (χ1v) is 5.58. The van der Waals surface area contributed by atoms with Crippen LogP contribution in [0.4, 0.5) is 0 Å². The summed E-state index contributed by atoms with van der Waals surface area (Å²) in [6.45, 7) is 4.39. The Labute approximate surface area is 89.9 Å². The van der Waals surface area contributed by atoms with Crippen molar-refractivity contribution in [2.45, 2.75) is 32.4 Å². The molecule has 0 aliphatic carbocycles. The molecule has 2 rings (SSSR count). The van der Waals surface area contributed by atoms with Gasteiger partial charge in [0.25, 0.3) is 0 Å². The van der Waals surface area contributed by atoms with E-state index in [0.717, 1.165) is 31.7 Å². The minimum absolute atomic E-state index is 0.223. The first kappa shape index (κ1) is 10.6. The van der Waals surface area contributed by atoms with E-state index in [4.69, 9.17) is 4.74 Å². The summed E-state index contributed by atoms with van der Waals surface area (Å²) in [5, 5.41) is 10.2. The second-order valence-electron chi connectivity index (χ2n) is 4.03. The molecule has 0 saturated carbocycles. The molecule has 0 bridgehead atoms. The van der Waals surface area contributed by atoms with Gasteiger partial charge in [-0.2, -0.15) is 0 Å². The SMILES string of the molecule is CCn1cncc1C(O)C1CCCOC1. The van der Waals surface area contributed by atoms with Crippen molar-refractivity contribution in [3.8, 4) is 0 Å². The summed E-state index contributed by atoms with van der Waals surface area (Å²) < 4.78 is 7.37. The third-order valence-electron chi connectivity index (χ3n) is 3.03. The topological polar surface area (TPSA) is 47.3 Å². The van der Waals surface area contributed by atoms with E-state index in [2.05, 4.69) is 11.9 Å². The van der Waals surface area contributed by atoms with E-state index in [1.807, 2.05) is 4.57 Å². The Hall–Kier alpha value is -0.870. The molecule has 4 heteroatoms. The van der Waals surface area contributed by atoms with Gasteiger partial charge in [0.2, 0.25) is 0 Å². The monoisotopic (exact) mass is 210 g/mol. The van der Waals surface area contributed by atoms with Crippen molar-refractivity contribution < 1.29 is 9.84 Å². The van der Waals surface area contributed by atoms with E-state index in [0.29, 0.717) is 6.61 Å². The summed E-state index contributed by atoms with van der Waals surface area (Å²) in [6, 6.07) is 0. The van der Waals surface area contributed by atoms with Crippen molar-refractivity contribution in [1.82, 2.24) is 9.55 Å². The smallest absolute Gasteiger partial charge is 0.101 e. The lowest BCUT2D eigenvalue weighted by atomic mass is 9.94. The molecule has 1 fully saturated rings. The van der Waals surface area contributed by atoms with Crippen LogP contribution in [0.25, 0.3) is 0 Å². The second-order valence-corrected chi connectivity index (χ2v) is 4.03. The van der Waals surface area contributed by atoms with Crippen molar-refractivity contribution in [3.63, 3.8) is 0 Å². The Kier molecular flexibility index (Phi) is 3.38. The highest BCUT2D eigenvalue weighted by Gasteiger charge is 2.25. The fraction of sp³-hybridized carbons (Fsp3) is 0.727. The van der Waals surface area contributed by atoms with E-state index < -0.39 is 6.10 Å². The largest absolute Gasteiger partial charge is 0.386 e. The minimum atomic E-state index is -0.437. The molecule has 0 amide bonds. The van der Waals surface area contributed by atoms with Gasteiger partial charge in [0.1, 0.15) is 6.10 Å². The van der Waals surface area contributed by atoms with Crippen LogP contribution < -0.4 is 0 Å². The first-order valence-electron chi connectivity index (χ1n) is 5.58. The summed E-state index contributed by atoms with van der Waals surface area (Å²) in [5.74, 6) is 0.223. The van der Waals surface area contributed by atoms with Crippen LogP contribution in [-0.4, -0.2) is 27.9 Å². The molecule has 1 saturated heterocycles. The van der Waals surface area contributed by atoms with E-state index in [1.165, 1.54) is 0 Å². The molecule has 0 spiro atoms. The average Bonchev–Trinajstić information content (AvgIpc) is 2.77. The van der Waals surface area contributed by atoms with Crippen molar-refractivity contribution in [2.24, 2.45) is 5.92 Å². The van der Waals surface area contributed by atoms with E-state index in [-0.39, 0.29) is 5.92 Å². The molecule has 4 nitrogen and oxygen atoms in total. The number of aliphatic hydroxyl groups excluding tert-OH is 1. The molecule has 2 unspecified atom stereocenters. The maximum atomic E-state index is 10.2. The third kappa shape index (κ3) is 2.21. The summed E-state index contributed by atoms with van der Waals surface area (Å²) >= 11 is 0. The van der Waals surface area contributed by atoms with E-state index in [9.17, 15) is 5.11 Å². The Morgan fingerprint density at radius 1 is 1.73 bits per heavy atom. The van der Waals surface area contributed by atoms with Crippen molar-refractivity contribution >= 4 is 0 Å². The van der Waals surface area contributed by atoms with Crippen LogP contribution in [0.5, 0.6) is 0 Å². The Bertz CT molecular complexity index is 305. The number of aliphatic hydroxyl groups is 1. The molecule has 1 aromatic heterocycles. The first-order chi connectivity index (χ1) is 7.33. The molecule has 1 aromatic rings. The molecule has 1 aliphatic rings. The maximum absolute atomic E-state index is 10.2. The van der Waals surface area contributed by atoms with Crippen LogP contribution in [0, 0.1) is 5.92 Å². The number of nitrogens with zero attached hydrogens (tertiary/aromatic N) is 2. The van der Waals surface area contributed by atoms with Gasteiger partial charge in [0.05, 0.1) is 24.8 Å². The molecule has 0 aromatic carbocycles. The molecule has 15 heavy (non-hydrogen) atoms. The molecule has 2 heterocycles. The van der Waals surface area contributed by atoms with Gasteiger partial charge >= 0.3 is 0 Å². The number of imidazole rings is 1. The summed E-state index contributed by atoms with van der Waals surface area (Å²) in [5.41, 5.74) is 0.910. The maximum Gasteiger partial charge on any atom is 0.101 e. The summed E-state index contributed by atoms with van der Waals surface area (Å²) in [4.78, 5) is 4.07. The van der Waals surface area contributed by atoms with Crippen LogP contribution >= 0.6 is 0 Å². The molecule has 2 atom stereocenters. The number of aromatic nitrogens is 2. The molecular formula is C11H18N2O2. The lowest BCUT2D eigenvalue weighted by Crippen LogP contribution is -2.25. The third-order valence-corrected chi connectivity index (χ3v) is 3.03. The highest BCUT2D eigenvalue weighted by atomic mass is 16.5. The minimum Gasteiger partial charge on any atom is -0.386 e. The van der Waals surface area contributed by atoms with Crippen LogP contribution in [0.1, 0.15) is 31.6 Å². The lowest BCUT2D eigenvalue weighted by molar-refractivity contribution is -0.0128. The Morgan fingerprint density at radius 2 is 2.60 bits per heavy atom. The van der Waals surface area contributed by atoms with Gasteiger partial charge in [-0.1, -0.05) is 0 Å². The fourth-order valence-electron chi connectivity index (χ4n) is 2.10. The van der Waals surface area contributed by atoms with E-state index >= 15 is 0 Å². The van der Waals surface area contributed by atoms with Gasteiger partial charge in [0, 0.05) is 19.1 Å². The highest BCUT2D eigenvalue weighted by Crippen LogP contribution is 2.28. The molecule has 84 valence electrons. The number of rotatable bonds is 3. The molecule has 1 aliphatic heterocycles. The van der Waals surface area contributed by atoms with Gasteiger partial charge in [-0.25, -0.2) is 4.98 Å². The quantitative estimate of drug-likeness (QED) is 0.819. The van der Waals surface area contributed by atoms with Crippen molar-refractivity contribution in [1.29, 1.82) is 0 Å². The predicted octanol–water partition coefficient (Wildman–Crippen LogP) is 1.36. The summed E-state index contributed by atoms with van der Waals surface area (Å²) in [6.07, 6.45) is 5.16. The van der Waals surface area contributed by atoms with Crippen molar-refractivity contribution in [3.05, 3.63) is 18.2 Å². The number of ether oxygens (including phenoxy) is 1. The Morgan fingerprint density at radius 3 is 3.27 bits per heavy atom. The van der Waals surface area contributed by atoms with Crippen LogP contribution in [-0.2, 0) is 11.3 Å². The second kappa shape index (κ2) is 4.77. The fourth-order valence-corrected chi connectivity index (χ4v) is 2.10. The normalized spacial score (nSPS) is 24.0. The Balaban J connectivity index is 2.08. The molecular weight excluding hydrogens is 192 g/mol. The van der Waals surface area contributed by atoms with Crippen LogP contribution in [0.3, 0.4) is 0 Å². The van der Waals surface area contributed by atoms with Crippen molar-refractivity contribution in [2.75, 3.05) is 13.2 Å². The van der Waals surface area contributed by atoms with Gasteiger partial charge < -0.3 is 14.4 Å². The van der Waals surface area contributed by atoms with E-state index in [1.54, 1.807) is 12.5 Å². The highest BCUT2D eigenvalue weighted by molar-refractivity contribution is 5.04. The standard InChI is InChI=1S/C11H18N2O2/c1-2-13-8-12-6-10(13)11(14)9-4-3-5-15-7-9/h6,8-9,11,14H,2-5,7H2,1H3. The molecule has 0 radical (unpaired) electrons. The van der Waals surface area contributed by atoms with Crippen LogP contribution in [0.2, 0.25) is 0 Å². The lowest BCUT2D eigenvalue weighted by Gasteiger charge is -2.27. The van der Waals surface area contributed by atoms with Crippen LogP contribution in [0.15, 0.2) is 12.5 Å². The van der Waals surface area contributed by atoms with Gasteiger partial charge in [0.15, 0.2) is 0 Å². The number of aryl methyl sites for hydroxylation is 1. The number of hydrogen-bond donors (Lipinski definition) is 1. The molecule has 1 N–H and O–H groups in total. The zero-order chi connectivity index (χ0) is 10.7. The number of hydrogen-bond acceptors (Lipinski definition) is 3.